The molecule has 0 unspecified atom stereocenters. The Morgan fingerprint density at radius 3 is 2.04 bits per heavy atom. The predicted octanol–water partition coefficient (Wildman–Crippen LogP) is 2.38. The van der Waals surface area contributed by atoms with Crippen LogP contribution >= 0.6 is 0 Å². The van der Waals surface area contributed by atoms with Gasteiger partial charge in [0.25, 0.3) is 0 Å². The first-order valence-corrected chi connectivity index (χ1v) is 12.2. The molecule has 3 atom stereocenters. The minimum absolute atomic E-state index is 0.0144. The van der Waals surface area contributed by atoms with Gasteiger partial charge in [-0.15, -0.1) is 0 Å². The molecule has 1 rings (SSSR count). The quantitative estimate of drug-likeness (QED) is 0.232. The van der Waals surface area contributed by atoms with E-state index in [0.717, 1.165) is 0 Å². The normalized spacial score (nSPS) is 21.7. The van der Waals surface area contributed by atoms with Gasteiger partial charge in [0.05, 0.1) is 18.1 Å². The van der Waals surface area contributed by atoms with Gasteiger partial charge in [0.2, 0.25) is 11.7 Å². The van der Waals surface area contributed by atoms with Crippen molar-refractivity contribution in [3.63, 3.8) is 0 Å². The van der Waals surface area contributed by atoms with Crippen molar-refractivity contribution in [3.8, 4) is 0 Å². The van der Waals surface area contributed by atoms with E-state index in [2.05, 4.69) is 39.2 Å². The van der Waals surface area contributed by atoms with Crippen molar-refractivity contribution >= 4 is 31.8 Å². The van der Waals surface area contributed by atoms with Crippen molar-refractivity contribution in [2.24, 2.45) is 5.92 Å². The highest BCUT2D eigenvalue weighted by Crippen LogP contribution is 2.39. The number of esters is 1. The molecule has 1 aliphatic rings. The van der Waals surface area contributed by atoms with Gasteiger partial charge in [0, 0.05) is 6.42 Å². The van der Waals surface area contributed by atoms with E-state index in [4.69, 9.17) is 9.16 Å². The number of ketones is 2. The Hall–Kier alpha value is -1.54. The molecule has 0 aromatic heterocycles. The van der Waals surface area contributed by atoms with E-state index in [1.165, 1.54) is 0 Å². The van der Waals surface area contributed by atoms with Crippen molar-refractivity contribution in [3.05, 3.63) is 0 Å². The molecule has 1 amide bonds. The van der Waals surface area contributed by atoms with Crippen LogP contribution in [0.25, 0.3) is 0 Å². The number of carbonyl (C=O) groups is 4. The fourth-order valence-electron chi connectivity index (χ4n) is 2.62. The number of ether oxygens (including phenoxy) is 1. The fraction of sp³-hybridized carbons (Fsp3) is 0.789. The molecule has 1 saturated heterocycles. The number of hydrogen-bond acceptors (Lipinski definition) is 6. The minimum atomic E-state index is -2.08. The third-order valence-corrected chi connectivity index (χ3v) is 9.67. The molecule has 8 heteroatoms. The third kappa shape index (κ3) is 5.97. The first kappa shape index (κ1) is 23.5. The SMILES string of the molecule is C[C@@H](O[Si](C)(C)C(C)(C)C)[C@H]1C(=O)N[C@@H]1CC(=O)C(=O)C(=O)OC(C)(C)C. The molecule has 0 radical (unpaired) electrons. The summed E-state index contributed by atoms with van der Waals surface area (Å²) in [4.78, 5) is 47.9. The lowest BCUT2D eigenvalue weighted by Crippen LogP contribution is -2.64. The zero-order chi connectivity index (χ0) is 21.4. The van der Waals surface area contributed by atoms with Gasteiger partial charge in [-0.3, -0.25) is 14.4 Å². The van der Waals surface area contributed by atoms with Gasteiger partial charge in [-0.1, -0.05) is 20.8 Å². The number of hydrogen-bond donors (Lipinski definition) is 1. The molecule has 0 aromatic carbocycles. The maximum Gasteiger partial charge on any atom is 0.383 e. The summed E-state index contributed by atoms with van der Waals surface area (Å²) in [5.74, 6) is -3.94. The summed E-state index contributed by atoms with van der Waals surface area (Å²) in [5, 5.41) is 2.63. The molecule has 0 bridgehead atoms. The predicted molar refractivity (Wildman–Crippen MR) is 104 cm³/mol. The van der Waals surface area contributed by atoms with Crippen LogP contribution in [0.15, 0.2) is 0 Å². The largest absolute Gasteiger partial charge is 0.454 e. The summed E-state index contributed by atoms with van der Waals surface area (Å²) in [6, 6.07) is -0.517. The standard InChI is InChI=1S/C19H33NO6Si/c1-11(26-27(8,9)19(5,6)7)14-12(20-16(14)23)10-13(21)15(22)17(24)25-18(2,3)4/h11-12,14H,10H2,1-9H3,(H,20,23)/t11-,12-,14-/m1/s1. The highest BCUT2D eigenvalue weighted by Gasteiger charge is 2.48. The number of rotatable bonds is 7. The first-order valence-electron chi connectivity index (χ1n) is 9.25. The van der Waals surface area contributed by atoms with E-state index in [1.807, 2.05) is 6.92 Å². The van der Waals surface area contributed by atoms with Gasteiger partial charge in [-0.2, -0.15) is 0 Å². The van der Waals surface area contributed by atoms with Crippen LogP contribution < -0.4 is 5.32 Å². The van der Waals surface area contributed by atoms with Crippen molar-refractivity contribution < 1.29 is 28.3 Å². The smallest absolute Gasteiger partial charge is 0.383 e. The van der Waals surface area contributed by atoms with Gasteiger partial charge < -0.3 is 14.5 Å². The van der Waals surface area contributed by atoms with Crippen LogP contribution in [0, 0.1) is 5.92 Å². The van der Waals surface area contributed by atoms with Gasteiger partial charge in [-0.25, -0.2) is 4.79 Å². The summed E-state index contributed by atoms with van der Waals surface area (Å²) in [6.45, 7) is 17.2. The molecule has 1 aliphatic heterocycles. The number of Topliss-reactive ketones (excluding diaryl/α,β-unsaturated/α-hetero) is 2. The number of β-lactam (4-membered cyclic amide) rings is 1. The molecular formula is C19H33NO6Si. The summed E-state index contributed by atoms with van der Waals surface area (Å²) in [5.41, 5.74) is -0.855. The number of nitrogens with one attached hydrogen (secondary N) is 1. The van der Waals surface area contributed by atoms with E-state index in [1.54, 1.807) is 20.8 Å². The molecule has 1 heterocycles. The topological polar surface area (TPSA) is 98.8 Å². The molecule has 1 fully saturated rings. The van der Waals surface area contributed by atoms with Gasteiger partial charge >= 0.3 is 11.8 Å². The maximum atomic E-state index is 12.2. The zero-order valence-corrected chi connectivity index (χ0v) is 18.9. The highest BCUT2D eigenvalue weighted by molar-refractivity contribution is 6.74. The van der Waals surface area contributed by atoms with Crippen molar-refractivity contribution in [1.29, 1.82) is 0 Å². The Bertz CT molecular complexity index is 629. The molecule has 0 aliphatic carbocycles. The lowest BCUT2D eigenvalue weighted by Gasteiger charge is -2.45. The Labute approximate surface area is 162 Å². The van der Waals surface area contributed by atoms with Crippen molar-refractivity contribution in [2.75, 3.05) is 0 Å². The van der Waals surface area contributed by atoms with Gasteiger partial charge in [-0.05, 0) is 45.8 Å². The number of amides is 1. The van der Waals surface area contributed by atoms with Crippen molar-refractivity contribution in [1.82, 2.24) is 5.32 Å². The first-order chi connectivity index (χ1) is 12.0. The summed E-state index contributed by atoms with van der Waals surface area (Å²) in [6.07, 6.45) is -0.617. The van der Waals surface area contributed by atoms with Crippen LogP contribution in [-0.4, -0.2) is 49.5 Å². The molecule has 7 nitrogen and oxygen atoms in total. The van der Waals surface area contributed by atoms with Crippen LogP contribution in [0.3, 0.4) is 0 Å². The minimum Gasteiger partial charge on any atom is -0.454 e. The van der Waals surface area contributed by atoms with E-state index in [9.17, 15) is 19.2 Å². The Balaban J connectivity index is 2.74. The highest BCUT2D eigenvalue weighted by atomic mass is 28.4. The summed E-state index contributed by atoms with van der Waals surface area (Å²) in [7, 11) is -2.08. The van der Waals surface area contributed by atoms with Crippen LogP contribution in [0.1, 0.15) is 54.9 Å². The fourth-order valence-corrected chi connectivity index (χ4v) is 4.05. The van der Waals surface area contributed by atoms with Crippen LogP contribution in [0.5, 0.6) is 0 Å². The Kier molecular flexibility index (Phi) is 6.81. The van der Waals surface area contributed by atoms with E-state index >= 15 is 0 Å². The summed E-state index contributed by atoms with van der Waals surface area (Å²) >= 11 is 0. The molecule has 27 heavy (non-hydrogen) atoms. The second-order valence-electron chi connectivity index (χ2n) is 9.68. The lowest BCUT2D eigenvalue weighted by atomic mass is 9.82. The lowest BCUT2D eigenvalue weighted by molar-refractivity contribution is -0.164. The second-order valence-corrected chi connectivity index (χ2v) is 14.4. The molecule has 0 aromatic rings. The molecule has 1 N–H and O–H groups in total. The molecule has 154 valence electrons. The Morgan fingerprint density at radius 1 is 1.11 bits per heavy atom. The van der Waals surface area contributed by atoms with Crippen LogP contribution in [0.2, 0.25) is 18.1 Å². The van der Waals surface area contributed by atoms with Crippen LogP contribution in [0.4, 0.5) is 0 Å². The third-order valence-electron chi connectivity index (χ3n) is 5.10. The zero-order valence-electron chi connectivity index (χ0n) is 17.9. The monoisotopic (exact) mass is 399 g/mol. The van der Waals surface area contributed by atoms with Gasteiger partial charge in [0.1, 0.15) is 5.60 Å². The van der Waals surface area contributed by atoms with Crippen LogP contribution in [-0.2, 0) is 28.3 Å². The molecular weight excluding hydrogens is 366 g/mol. The van der Waals surface area contributed by atoms with Gasteiger partial charge in [0.15, 0.2) is 8.32 Å². The average Bonchev–Trinajstić information content (AvgIpc) is 2.41. The van der Waals surface area contributed by atoms with E-state index in [0.29, 0.717) is 0 Å². The Morgan fingerprint density at radius 2 is 1.63 bits per heavy atom. The number of carbonyl (C=O) groups excluding carboxylic acids is 4. The van der Waals surface area contributed by atoms with Crippen molar-refractivity contribution in [2.45, 2.75) is 90.8 Å². The van der Waals surface area contributed by atoms with E-state index in [-0.39, 0.29) is 23.5 Å². The second kappa shape index (κ2) is 7.83. The molecule has 0 saturated carbocycles. The maximum absolute atomic E-state index is 12.2. The molecule has 0 spiro atoms. The average molecular weight is 400 g/mol. The summed E-state index contributed by atoms with van der Waals surface area (Å²) < 4.78 is 11.2. The van der Waals surface area contributed by atoms with E-state index < -0.39 is 43.4 Å².